The molecule has 0 unspecified atom stereocenters. The molecule has 0 spiro atoms. The average Bonchev–Trinajstić information content (AvgIpc) is 2.83. The summed E-state index contributed by atoms with van der Waals surface area (Å²) in [6, 6.07) is 7.24. The lowest BCUT2D eigenvalue weighted by Gasteiger charge is -2.00. The van der Waals surface area contributed by atoms with E-state index in [9.17, 15) is 9.18 Å². The van der Waals surface area contributed by atoms with Gasteiger partial charge in [-0.05, 0) is 24.3 Å². The van der Waals surface area contributed by atoms with Gasteiger partial charge in [0.15, 0.2) is 0 Å². The van der Waals surface area contributed by atoms with Gasteiger partial charge in [-0.25, -0.2) is 9.37 Å². The van der Waals surface area contributed by atoms with Crippen molar-refractivity contribution in [2.45, 2.75) is 13.3 Å². The molecule has 0 aliphatic heterocycles. The van der Waals surface area contributed by atoms with Crippen molar-refractivity contribution in [1.82, 2.24) is 19.6 Å². The molecular formula is C13H11FN4O. The highest BCUT2D eigenvalue weighted by Gasteiger charge is 2.08. The molecule has 19 heavy (non-hydrogen) atoms. The Morgan fingerprint density at radius 3 is 2.68 bits per heavy atom. The van der Waals surface area contributed by atoms with E-state index in [0.717, 1.165) is 0 Å². The molecule has 3 rings (SSSR count). The van der Waals surface area contributed by atoms with Gasteiger partial charge in [-0.3, -0.25) is 9.89 Å². The second-order valence-corrected chi connectivity index (χ2v) is 4.15. The molecule has 2 aromatic heterocycles. The summed E-state index contributed by atoms with van der Waals surface area (Å²) < 4.78 is 14.2. The van der Waals surface area contributed by atoms with Crippen molar-refractivity contribution in [1.29, 1.82) is 0 Å². The molecule has 0 bridgehead atoms. The van der Waals surface area contributed by atoms with Crippen molar-refractivity contribution in [3.63, 3.8) is 0 Å². The van der Waals surface area contributed by atoms with E-state index >= 15 is 0 Å². The fourth-order valence-electron chi connectivity index (χ4n) is 1.85. The summed E-state index contributed by atoms with van der Waals surface area (Å²) in [6.07, 6.45) is 0.689. The molecule has 1 aromatic carbocycles. The number of aromatic nitrogens is 4. The van der Waals surface area contributed by atoms with E-state index in [1.807, 2.05) is 6.92 Å². The van der Waals surface area contributed by atoms with E-state index in [4.69, 9.17) is 0 Å². The van der Waals surface area contributed by atoms with Gasteiger partial charge >= 0.3 is 0 Å². The van der Waals surface area contributed by atoms with Gasteiger partial charge in [0.2, 0.25) is 0 Å². The molecular weight excluding hydrogens is 247 g/mol. The maximum Gasteiger partial charge on any atom is 0.274 e. The quantitative estimate of drug-likeness (QED) is 0.762. The number of nitrogens with one attached hydrogen (secondary N) is 1. The third-order valence-corrected chi connectivity index (χ3v) is 2.85. The number of fused-ring (bicyclic) bond motifs is 1. The Morgan fingerprint density at radius 1 is 1.26 bits per heavy atom. The first-order chi connectivity index (χ1) is 9.17. The number of H-pyrrole nitrogens is 1. The molecule has 0 aliphatic rings. The number of hydrogen-bond donors (Lipinski definition) is 1. The fraction of sp³-hybridized carbons (Fsp3) is 0.154. The lowest BCUT2D eigenvalue weighted by atomic mass is 10.1. The Labute approximate surface area is 107 Å². The first-order valence-corrected chi connectivity index (χ1v) is 5.92. The monoisotopic (exact) mass is 258 g/mol. The Hall–Kier alpha value is -2.50. The first kappa shape index (κ1) is 11.6. The molecule has 0 saturated heterocycles. The van der Waals surface area contributed by atoms with Gasteiger partial charge in [0.25, 0.3) is 11.3 Å². The molecule has 1 N–H and O–H groups in total. The van der Waals surface area contributed by atoms with Crippen LogP contribution in [0.25, 0.3) is 17.0 Å². The molecule has 2 heterocycles. The van der Waals surface area contributed by atoms with Crippen LogP contribution in [-0.4, -0.2) is 19.6 Å². The highest BCUT2D eigenvalue weighted by molar-refractivity contribution is 5.60. The second-order valence-electron chi connectivity index (χ2n) is 4.15. The summed E-state index contributed by atoms with van der Waals surface area (Å²) in [5, 5.41) is 2.87. The smallest absolute Gasteiger partial charge is 0.274 e. The minimum Gasteiger partial charge on any atom is -0.275 e. The van der Waals surface area contributed by atoms with E-state index < -0.39 is 0 Å². The summed E-state index contributed by atoms with van der Waals surface area (Å²) in [7, 11) is 0. The molecule has 0 saturated carbocycles. The minimum atomic E-state index is -0.324. The Morgan fingerprint density at radius 2 is 2.00 bits per heavy atom. The van der Waals surface area contributed by atoms with Gasteiger partial charge in [0.05, 0.1) is 5.69 Å². The van der Waals surface area contributed by atoms with Crippen LogP contribution in [0.3, 0.4) is 0 Å². The third-order valence-electron chi connectivity index (χ3n) is 2.85. The van der Waals surface area contributed by atoms with Crippen LogP contribution >= 0.6 is 0 Å². The summed E-state index contributed by atoms with van der Waals surface area (Å²) in [6.45, 7) is 1.93. The fourth-order valence-corrected chi connectivity index (χ4v) is 1.85. The van der Waals surface area contributed by atoms with Gasteiger partial charge in [-0.1, -0.05) is 6.92 Å². The Balaban J connectivity index is 2.20. The zero-order valence-electron chi connectivity index (χ0n) is 10.2. The average molecular weight is 258 g/mol. The van der Waals surface area contributed by atoms with E-state index in [0.29, 0.717) is 29.3 Å². The van der Waals surface area contributed by atoms with Gasteiger partial charge < -0.3 is 0 Å². The van der Waals surface area contributed by atoms with E-state index in [1.54, 1.807) is 12.1 Å². The highest BCUT2D eigenvalue weighted by Crippen LogP contribution is 2.16. The predicted octanol–water partition coefficient (Wildman–Crippen LogP) is 1.79. The lowest BCUT2D eigenvalue weighted by molar-refractivity contribution is 0.628. The van der Waals surface area contributed by atoms with Crippen molar-refractivity contribution in [2.24, 2.45) is 0 Å². The van der Waals surface area contributed by atoms with Crippen LogP contribution in [0, 0.1) is 5.82 Å². The maximum absolute atomic E-state index is 12.9. The number of aryl methyl sites for hydroxylation is 1. The topological polar surface area (TPSA) is 63.1 Å². The van der Waals surface area contributed by atoms with Crippen molar-refractivity contribution in [3.8, 4) is 11.3 Å². The molecule has 6 heteroatoms. The van der Waals surface area contributed by atoms with Crippen molar-refractivity contribution < 1.29 is 4.39 Å². The number of halogens is 1. The summed E-state index contributed by atoms with van der Waals surface area (Å²) in [5.41, 5.74) is 0.928. The van der Waals surface area contributed by atoms with Gasteiger partial charge in [0.1, 0.15) is 11.6 Å². The Bertz CT molecular complexity index is 789. The standard InChI is InChI=1S/C13H11FN4O/c1-2-11-16-13-15-10(7-12(19)18(13)17-11)8-3-5-9(14)6-4-8/h3-7H,2H2,1H3,(H,15,16,17). The van der Waals surface area contributed by atoms with Crippen LogP contribution in [-0.2, 0) is 6.42 Å². The second kappa shape index (κ2) is 4.31. The zero-order chi connectivity index (χ0) is 13.4. The maximum atomic E-state index is 12.9. The molecule has 0 radical (unpaired) electrons. The van der Waals surface area contributed by atoms with Crippen LogP contribution < -0.4 is 5.56 Å². The molecule has 0 atom stereocenters. The lowest BCUT2D eigenvalue weighted by Crippen LogP contribution is -2.14. The van der Waals surface area contributed by atoms with Crippen molar-refractivity contribution >= 4 is 5.78 Å². The van der Waals surface area contributed by atoms with Crippen LogP contribution in [0.2, 0.25) is 0 Å². The number of aromatic amines is 1. The first-order valence-electron chi connectivity index (χ1n) is 5.92. The Kier molecular flexibility index (Phi) is 2.63. The van der Waals surface area contributed by atoms with Crippen molar-refractivity contribution in [3.05, 3.63) is 52.3 Å². The summed E-state index contributed by atoms with van der Waals surface area (Å²) in [5.74, 6) is 0.694. The van der Waals surface area contributed by atoms with Crippen LogP contribution in [0.5, 0.6) is 0 Å². The van der Waals surface area contributed by atoms with E-state index in [-0.39, 0.29) is 11.4 Å². The van der Waals surface area contributed by atoms with Crippen LogP contribution in [0.4, 0.5) is 4.39 Å². The number of hydrogen-bond acceptors (Lipinski definition) is 3. The molecule has 0 fully saturated rings. The third kappa shape index (κ3) is 2.01. The predicted molar refractivity (Wildman–Crippen MR) is 68.4 cm³/mol. The van der Waals surface area contributed by atoms with E-state index in [2.05, 4.69) is 15.1 Å². The number of rotatable bonds is 2. The van der Waals surface area contributed by atoms with Gasteiger partial charge in [-0.2, -0.15) is 9.50 Å². The highest BCUT2D eigenvalue weighted by atomic mass is 19.1. The largest absolute Gasteiger partial charge is 0.275 e. The molecule has 0 aliphatic carbocycles. The van der Waals surface area contributed by atoms with Crippen molar-refractivity contribution in [2.75, 3.05) is 0 Å². The number of benzene rings is 1. The normalized spacial score (nSPS) is 11.1. The minimum absolute atomic E-state index is 0.239. The van der Waals surface area contributed by atoms with E-state index in [1.165, 1.54) is 22.7 Å². The summed E-state index contributed by atoms with van der Waals surface area (Å²) in [4.78, 5) is 20.5. The van der Waals surface area contributed by atoms with Gasteiger partial charge in [0, 0.05) is 18.1 Å². The number of nitrogens with zero attached hydrogens (tertiary/aromatic N) is 3. The SMILES string of the molecule is CCc1nc2nc(-c3ccc(F)cc3)cc(=O)n2[nH]1. The van der Waals surface area contributed by atoms with Crippen LogP contribution in [0.1, 0.15) is 12.7 Å². The zero-order valence-corrected chi connectivity index (χ0v) is 10.2. The molecule has 96 valence electrons. The van der Waals surface area contributed by atoms with Gasteiger partial charge in [-0.15, -0.1) is 0 Å². The van der Waals surface area contributed by atoms with Crippen LogP contribution in [0.15, 0.2) is 35.1 Å². The molecule has 3 aromatic rings. The summed E-state index contributed by atoms with van der Waals surface area (Å²) >= 11 is 0. The molecule has 5 nitrogen and oxygen atoms in total. The molecule has 0 amide bonds.